The summed E-state index contributed by atoms with van der Waals surface area (Å²) in [5.41, 5.74) is 3.90. The van der Waals surface area contributed by atoms with Crippen molar-refractivity contribution in [1.29, 1.82) is 0 Å². The van der Waals surface area contributed by atoms with Crippen molar-refractivity contribution in [2.75, 3.05) is 18.6 Å². The van der Waals surface area contributed by atoms with Gasteiger partial charge in [-0.2, -0.15) is 0 Å². The molecule has 4 rings (SSSR count). The molecule has 8 heteroatoms. The van der Waals surface area contributed by atoms with Crippen LogP contribution in [0.1, 0.15) is 44.4 Å². The Morgan fingerprint density at radius 2 is 1.97 bits per heavy atom. The van der Waals surface area contributed by atoms with Crippen LogP contribution >= 0.6 is 23.4 Å². The van der Waals surface area contributed by atoms with E-state index in [0.29, 0.717) is 11.3 Å². The zero-order valence-electron chi connectivity index (χ0n) is 19.7. The van der Waals surface area contributed by atoms with E-state index < -0.39 is 17.0 Å². The van der Waals surface area contributed by atoms with Gasteiger partial charge in [0.1, 0.15) is 11.6 Å². The van der Waals surface area contributed by atoms with Crippen molar-refractivity contribution in [3.05, 3.63) is 68.8 Å². The Morgan fingerprint density at radius 1 is 1.24 bits per heavy atom. The number of thioether (sulfide) groups is 1. The van der Waals surface area contributed by atoms with Crippen LogP contribution in [0, 0.1) is 5.82 Å². The summed E-state index contributed by atoms with van der Waals surface area (Å²) in [6.07, 6.45) is 3.89. The topological polar surface area (TPSA) is 49.9 Å². The molecule has 2 aromatic carbocycles. The number of halogens is 2. The van der Waals surface area contributed by atoms with Crippen molar-refractivity contribution in [2.24, 2.45) is 0 Å². The SMILES string of the molecule is CCN1c2cc(OC)c(/C=C3/SC(=O)N(Cc4c(F)cccc4Cl)C3=O)cc2C(C)=CC1(C)C. The third-order valence-electron chi connectivity index (χ3n) is 6.18. The van der Waals surface area contributed by atoms with Crippen LogP contribution in [0.4, 0.5) is 14.9 Å². The van der Waals surface area contributed by atoms with Gasteiger partial charge in [0.2, 0.25) is 0 Å². The maximum absolute atomic E-state index is 14.2. The van der Waals surface area contributed by atoms with Gasteiger partial charge in [-0.1, -0.05) is 23.7 Å². The van der Waals surface area contributed by atoms with Gasteiger partial charge in [-0.25, -0.2) is 4.39 Å². The molecule has 178 valence electrons. The molecule has 0 radical (unpaired) electrons. The van der Waals surface area contributed by atoms with E-state index in [1.54, 1.807) is 13.2 Å². The summed E-state index contributed by atoms with van der Waals surface area (Å²) in [5, 5.41) is -0.299. The number of hydrogen-bond acceptors (Lipinski definition) is 5. The van der Waals surface area contributed by atoms with Gasteiger partial charge in [-0.05, 0) is 69.3 Å². The number of carbonyl (C=O) groups excluding carboxylic acids is 2. The Hall–Kier alpha value is -2.77. The number of fused-ring (bicyclic) bond motifs is 1. The molecule has 1 saturated heterocycles. The Kier molecular flexibility index (Phi) is 6.53. The summed E-state index contributed by atoms with van der Waals surface area (Å²) in [6.45, 7) is 9.11. The number of amides is 2. The summed E-state index contributed by atoms with van der Waals surface area (Å²) in [4.78, 5) is 29.3. The van der Waals surface area contributed by atoms with E-state index in [1.165, 1.54) is 18.2 Å². The van der Waals surface area contributed by atoms with Crippen LogP contribution < -0.4 is 9.64 Å². The molecule has 1 fully saturated rings. The average Bonchev–Trinajstić information content (AvgIpc) is 3.03. The first-order valence-corrected chi connectivity index (χ1v) is 12.1. The number of rotatable bonds is 5. The third-order valence-corrected chi connectivity index (χ3v) is 7.44. The number of likely N-dealkylation sites (N-methyl/N-ethyl adjacent to an activating group) is 1. The van der Waals surface area contributed by atoms with Crippen molar-refractivity contribution >= 4 is 51.8 Å². The van der Waals surface area contributed by atoms with Crippen LogP contribution in [-0.4, -0.2) is 35.2 Å². The Labute approximate surface area is 208 Å². The standard InChI is InChI=1S/C26H26ClFN2O3S/c1-6-30-21-12-22(33-5)16(10-17(21)15(2)13-26(30,3)4)11-23-24(31)29(25(32)34-23)14-18-19(27)8-7-9-20(18)28/h7-13H,6,14H2,1-5H3/b23-11+. The van der Waals surface area contributed by atoms with E-state index >= 15 is 0 Å². The van der Waals surface area contributed by atoms with Crippen molar-refractivity contribution in [3.63, 3.8) is 0 Å². The van der Waals surface area contributed by atoms with E-state index in [4.69, 9.17) is 16.3 Å². The lowest BCUT2D eigenvalue weighted by atomic mass is 9.87. The Morgan fingerprint density at radius 3 is 2.62 bits per heavy atom. The van der Waals surface area contributed by atoms with Crippen molar-refractivity contribution in [1.82, 2.24) is 4.90 Å². The Balaban J connectivity index is 1.72. The maximum Gasteiger partial charge on any atom is 0.293 e. The summed E-state index contributed by atoms with van der Waals surface area (Å²) in [7, 11) is 1.58. The first-order chi connectivity index (χ1) is 16.1. The van der Waals surface area contributed by atoms with Crippen molar-refractivity contribution < 1.29 is 18.7 Å². The van der Waals surface area contributed by atoms with E-state index in [9.17, 15) is 14.0 Å². The van der Waals surface area contributed by atoms with E-state index in [0.717, 1.165) is 40.0 Å². The molecule has 2 aliphatic rings. The van der Waals surface area contributed by atoms with Gasteiger partial charge in [0, 0.05) is 40.0 Å². The van der Waals surface area contributed by atoms with E-state index in [-0.39, 0.29) is 27.6 Å². The number of imide groups is 1. The van der Waals surface area contributed by atoms with Crippen LogP contribution in [-0.2, 0) is 11.3 Å². The molecule has 5 nitrogen and oxygen atoms in total. The highest BCUT2D eigenvalue weighted by atomic mass is 35.5. The molecule has 2 heterocycles. The summed E-state index contributed by atoms with van der Waals surface area (Å²) >= 11 is 6.92. The van der Waals surface area contributed by atoms with Crippen LogP contribution in [0.25, 0.3) is 11.6 Å². The zero-order chi connectivity index (χ0) is 24.8. The molecular weight excluding hydrogens is 475 g/mol. The van der Waals surface area contributed by atoms with E-state index in [2.05, 4.69) is 38.7 Å². The minimum Gasteiger partial charge on any atom is -0.496 e. The smallest absolute Gasteiger partial charge is 0.293 e. The number of methoxy groups -OCH3 is 1. The van der Waals surface area contributed by atoms with Gasteiger partial charge >= 0.3 is 0 Å². The largest absolute Gasteiger partial charge is 0.496 e. The van der Waals surface area contributed by atoms with Gasteiger partial charge in [0.05, 0.1) is 24.1 Å². The first-order valence-electron chi connectivity index (χ1n) is 10.9. The van der Waals surface area contributed by atoms with Gasteiger partial charge in [0.15, 0.2) is 0 Å². The molecule has 0 aromatic heterocycles. The molecule has 2 aliphatic heterocycles. The van der Waals surface area contributed by atoms with Gasteiger partial charge in [0.25, 0.3) is 11.1 Å². The molecule has 34 heavy (non-hydrogen) atoms. The summed E-state index contributed by atoms with van der Waals surface area (Å²) in [5.74, 6) is -0.443. The number of ether oxygens (including phenoxy) is 1. The number of carbonyl (C=O) groups is 2. The zero-order valence-corrected chi connectivity index (χ0v) is 21.3. The molecule has 0 saturated carbocycles. The summed E-state index contributed by atoms with van der Waals surface area (Å²) < 4.78 is 19.9. The normalized spacial score (nSPS) is 18.4. The molecule has 0 bridgehead atoms. The van der Waals surface area contributed by atoms with Crippen molar-refractivity contribution in [2.45, 2.75) is 39.8 Å². The minimum atomic E-state index is -0.558. The highest BCUT2D eigenvalue weighted by molar-refractivity contribution is 8.18. The predicted molar refractivity (Wildman–Crippen MR) is 137 cm³/mol. The van der Waals surface area contributed by atoms with Crippen LogP contribution in [0.5, 0.6) is 5.75 Å². The fourth-order valence-electron chi connectivity index (χ4n) is 4.61. The molecule has 0 spiro atoms. The van der Waals surface area contributed by atoms with Gasteiger partial charge in [-0.3, -0.25) is 14.5 Å². The fourth-order valence-corrected chi connectivity index (χ4v) is 5.66. The number of anilines is 1. The quantitative estimate of drug-likeness (QED) is 0.425. The molecule has 0 N–H and O–H groups in total. The molecule has 0 aliphatic carbocycles. The molecule has 2 amide bonds. The second-order valence-corrected chi connectivity index (χ2v) is 10.2. The minimum absolute atomic E-state index is 0.113. The fraction of sp³-hybridized carbons (Fsp3) is 0.308. The number of allylic oxidation sites excluding steroid dienone is 1. The average molecular weight is 501 g/mol. The lowest BCUT2D eigenvalue weighted by Gasteiger charge is -2.43. The number of nitrogens with zero attached hydrogens (tertiary/aromatic N) is 2. The molecule has 0 atom stereocenters. The first kappa shape index (κ1) is 24.4. The van der Waals surface area contributed by atoms with Gasteiger partial charge in [-0.15, -0.1) is 0 Å². The van der Waals surface area contributed by atoms with Crippen LogP contribution in [0.3, 0.4) is 0 Å². The second kappa shape index (κ2) is 9.12. The molecule has 2 aromatic rings. The number of hydrogen-bond donors (Lipinski definition) is 0. The molecular formula is C26H26ClFN2O3S. The molecule has 0 unspecified atom stereocenters. The second-order valence-electron chi connectivity index (χ2n) is 8.80. The van der Waals surface area contributed by atoms with Gasteiger partial charge < -0.3 is 9.64 Å². The Bertz CT molecular complexity index is 1230. The highest BCUT2D eigenvalue weighted by Gasteiger charge is 2.37. The van der Waals surface area contributed by atoms with E-state index in [1.807, 2.05) is 12.1 Å². The lowest BCUT2D eigenvalue weighted by molar-refractivity contribution is -0.123. The van der Waals surface area contributed by atoms with Crippen LogP contribution in [0.15, 0.2) is 41.3 Å². The summed E-state index contributed by atoms with van der Waals surface area (Å²) in [6, 6.07) is 8.23. The van der Waals surface area contributed by atoms with Crippen molar-refractivity contribution in [3.8, 4) is 5.75 Å². The number of benzene rings is 2. The predicted octanol–water partition coefficient (Wildman–Crippen LogP) is 6.75. The maximum atomic E-state index is 14.2. The highest BCUT2D eigenvalue weighted by Crippen LogP contribution is 2.43. The third kappa shape index (κ3) is 4.23. The monoisotopic (exact) mass is 500 g/mol. The van der Waals surface area contributed by atoms with Crippen LogP contribution in [0.2, 0.25) is 5.02 Å². The lowest BCUT2D eigenvalue weighted by Crippen LogP contribution is -2.44.